The third kappa shape index (κ3) is 4.70. The Labute approximate surface area is 181 Å². The van der Waals surface area contributed by atoms with Gasteiger partial charge in [-0.1, -0.05) is 25.9 Å². The molecule has 0 bridgehead atoms. The molecule has 0 saturated carbocycles. The number of nitrogens with zero attached hydrogens (tertiary/aromatic N) is 5. The first-order valence-corrected chi connectivity index (χ1v) is 11.3. The fraction of sp³-hybridized carbons (Fsp3) is 0.579. The summed E-state index contributed by atoms with van der Waals surface area (Å²) in [6.07, 6.45) is 0. The van der Waals surface area contributed by atoms with Crippen molar-refractivity contribution in [2.24, 2.45) is 0 Å². The number of nitro benzene ring substituents is 1. The van der Waals surface area contributed by atoms with Crippen LogP contribution in [0.3, 0.4) is 0 Å². The maximum atomic E-state index is 13.0. The van der Waals surface area contributed by atoms with Gasteiger partial charge in [-0.3, -0.25) is 15.0 Å². The number of methoxy groups -OCH3 is 1. The van der Waals surface area contributed by atoms with Gasteiger partial charge in [-0.05, 0) is 19.1 Å². The number of benzene rings is 1. The lowest BCUT2D eigenvalue weighted by molar-refractivity contribution is -0.386. The van der Waals surface area contributed by atoms with Gasteiger partial charge in [-0.2, -0.15) is 9.29 Å². The summed E-state index contributed by atoms with van der Waals surface area (Å²) in [5, 5.41) is 15.3. The highest BCUT2D eigenvalue weighted by atomic mass is 32.2. The molecule has 1 aliphatic heterocycles. The van der Waals surface area contributed by atoms with Crippen molar-refractivity contribution in [3.8, 4) is 5.75 Å². The molecule has 2 heterocycles. The van der Waals surface area contributed by atoms with Crippen LogP contribution in [0.4, 0.5) is 5.69 Å². The number of hydrogen-bond acceptors (Lipinski definition) is 9. The van der Waals surface area contributed by atoms with Crippen molar-refractivity contribution in [1.82, 2.24) is 19.3 Å². The Balaban J connectivity index is 1.72. The highest BCUT2D eigenvalue weighted by molar-refractivity contribution is 7.89. The van der Waals surface area contributed by atoms with E-state index in [0.29, 0.717) is 24.8 Å². The summed E-state index contributed by atoms with van der Waals surface area (Å²) in [4.78, 5) is 17.0. The quantitative estimate of drug-likeness (QED) is 0.477. The molecule has 12 heteroatoms. The molecule has 1 aromatic carbocycles. The molecule has 2 aromatic rings. The smallest absolute Gasteiger partial charge is 0.312 e. The molecule has 3 rings (SSSR count). The summed E-state index contributed by atoms with van der Waals surface area (Å²) >= 11 is 0. The number of hydrogen-bond donors (Lipinski definition) is 0. The van der Waals surface area contributed by atoms with Gasteiger partial charge in [0.15, 0.2) is 11.6 Å². The van der Waals surface area contributed by atoms with Crippen LogP contribution in [0, 0.1) is 10.1 Å². The molecule has 0 spiro atoms. The van der Waals surface area contributed by atoms with Crippen molar-refractivity contribution in [3.05, 3.63) is 40.0 Å². The van der Waals surface area contributed by atoms with Crippen molar-refractivity contribution >= 4 is 15.7 Å². The van der Waals surface area contributed by atoms with Crippen LogP contribution >= 0.6 is 0 Å². The van der Waals surface area contributed by atoms with E-state index in [0.717, 1.165) is 6.07 Å². The van der Waals surface area contributed by atoms with Crippen LogP contribution in [-0.2, 0) is 15.4 Å². The van der Waals surface area contributed by atoms with E-state index in [9.17, 15) is 18.5 Å². The highest BCUT2D eigenvalue weighted by Crippen LogP contribution is 2.31. The summed E-state index contributed by atoms with van der Waals surface area (Å²) in [5.74, 6) is 1.13. The topological polar surface area (TPSA) is 132 Å². The van der Waals surface area contributed by atoms with E-state index in [4.69, 9.17) is 9.26 Å². The number of nitro groups is 1. The zero-order chi connectivity index (χ0) is 23.0. The monoisotopic (exact) mass is 453 g/mol. The molecule has 0 aliphatic carbocycles. The Kier molecular flexibility index (Phi) is 6.35. The van der Waals surface area contributed by atoms with Crippen LogP contribution in [0.25, 0.3) is 0 Å². The minimum absolute atomic E-state index is 0.0109. The second-order valence-electron chi connectivity index (χ2n) is 8.41. The van der Waals surface area contributed by atoms with Gasteiger partial charge in [-0.15, -0.1) is 0 Å². The normalized spacial score (nSPS) is 17.5. The summed E-state index contributed by atoms with van der Waals surface area (Å²) < 4.78 is 37.7. The maximum Gasteiger partial charge on any atom is 0.312 e. The Hall–Kier alpha value is -2.57. The van der Waals surface area contributed by atoms with Gasteiger partial charge in [0.05, 0.1) is 23.0 Å². The van der Waals surface area contributed by atoms with E-state index in [2.05, 4.69) is 15.0 Å². The highest BCUT2D eigenvalue weighted by Gasteiger charge is 2.33. The molecule has 11 nitrogen and oxygen atoms in total. The molecule has 0 radical (unpaired) electrons. The minimum atomic E-state index is -3.88. The van der Waals surface area contributed by atoms with E-state index in [1.165, 1.54) is 23.5 Å². The molecular weight excluding hydrogens is 426 g/mol. The zero-order valence-corrected chi connectivity index (χ0v) is 19.0. The maximum absolute atomic E-state index is 13.0. The molecule has 1 aliphatic rings. The van der Waals surface area contributed by atoms with Crippen molar-refractivity contribution < 1.29 is 22.6 Å². The molecule has 1 fully saturated rings. The molecule has 1 unspecified atom stereocenters. The van der Waals surface area contributed by atoms with Gasteiger partial charge in [0, 0.05) is 37.7 Å². The Morgan fingerprint density at radius 1 is 1.23 bits per heavy atom. The molecule has 1 saturated heterocycles. The van der Waals surface area contributed by atoms with Crippen LogP contribution in [0.1, 0.15) is 45.5 Å². The van der Waals surface area contributed by atoms with E-state index in [1.54, 1.807) is 0 Å². The molecule has 170 valence electrons. The van der Waals surface area contributed by atoms with Crippen LogP contribution in [-0.4, -0.2) is 66.0 Å². The van der Waals surface area contributed by atoms with Crippen LogP contribution in [0.15, 0.2) is 27.6 Å². The summed E-state index contributed by atoms with van der Waals surface area (Å²) in [6.45, 7) is 9.35. The van der Waals surface area contributed by atoms with Gasteiger partial charge >= 0.3 is 5.69 Å². The van der Waals surface area contributed by atoms with Gasteiger partial charge in [0.1, 0.15) is 0 Å². The number of ether oxygens (including phenoxy) is 1. The van der Waals surface area contributed by atoms with Gasteiger partial charge in [0.25, 0.3) is 0 Å². The van der Waals surface area contributed by atoms with Crippen molar-refractivity contribution in [3.63, 3.8) is 0 Å². The first-order chi connectivity index (χ1) is 14.4. The van der Waals surface area contributed by atoms with Gasteiger partial charge < -0.3 is 9.26 Å². The molecule has 0 N–H and O–H groups in total. The number of rotatable bonds is 6. The predicted molar refractivity (Wildman–Crippen MR) is 111 cm³/mol. The molecule has 1 aromatic heterocycles. The Morgan fingerprint density at radius 3 is 2.39 bits per heavy atom. The van der Waals surface area contributed by atoms with Crippen LogP contribution < -0.4 is 4.74 Å². The van der Waals surface area contributed by atoms with Crippen LogP contribution in [0.2, 0.25) is 0 Å². The van der Waals surface area contributed by atoms with Gasteiger partial charge in [-0.25, -0.2) is 8.42 Å². The lowest BCUT2D eigenvalue weighted by Crippen LogP contribution is -2.49. The van der Waals surface area contributed by atoms with Crippen LogP contribution in [0.5, 0.6) is 5.75 Å². The van der Waals surface area contributed by atoms with Crippen molar-refractivity contribution in [2.75, 3.05) is 33.3 Å². The van der Waals surface area contributed by atoms with E-state index < -0.39 is 14.9 Å². The average molecular weight is 454 g/mol. The summed E-state index contributed by atoms with van der Waals surface area (Å²) in [5.41, 5.74) is -0.614. The van der Waals surface area contributed by atoms with E-state index >= 15 is 0 Å². The molecule has 31 heavy (non-hydrogen) atoms. The lowest BCUT2D eigenvalue weighted by Gasteiger charge is -2.36. The first-order valence-electron chi connectivity index (χ1n) is 9.86. The third-order valence-corrected chi connectivity index (χ3v) is 7.17. The Bertz CT molecular complexity index is 1050. The second kappa shape index (κ2) is 8.52. The van der Waals surface area contributed by atoms with Crippen molar-refractivity contribution in [2.45, 2.75) is 44.0 Å². The lowest BCUT2D eigenvalue weighted by atomic mass is 9.96. The van der Waals surface area contributed by atoms with Gasteiger partial charge in [0.2, 0.25) is 15.9 Å². The number of piperazine rings is 1. The number of sulfonamides is 1. The fourth-order valence-corrected chi connectivity index (χ4v) is 4.76. The minimum Gasteiger partial charge on any atom is -0.490 e. The largest absolute Gasteiger partial charge is 0.490 e. The van der Waals surface area contributed by atoms with E-state index in [-0.39, 0.29) is 40.9 Å². The summed E-state index contributed by atoms with van der Waals surface area (Å²) in [7, 11) is -2.58. The fourth-order valence-electron chi connectivity index (χ4n) is 3.32. The predicted octanol–water partition coefficient (Wildman–Crippen LogP) is 2.35. The average Bonchev–Trinajstić information content (AvgIpc) is 3.23. The third-order valence-electron chi connectivity index (χ3n) is 5.28. The molecule has 1 atom stereocenters. The van der Waals surface area contributed by atoms with E-state index in [1.807, 2.05) is 27.7 Å². The SMILES string of the molecule is COc1ccc(S(=O)(=O)N2CCN(C(C)c3nc(C(C)(C)C)no3)CC2)cc1[N+](=O)[O-]. The molecule has 0 amide bonds. The Morgan fingerprint density at radius 2 is 1.87 bits per heavy atom. The number of aromatic nitrogens is 2. The first kappa shape index (κ1) is 23.1. The summed E-state index contributed by atoms with van der Waals surface area (Å²) in [6, 6.07) is 3.50. The van der Waals surface area contributed by atoms with Crippen molar-refractivity contribution in [1.29, 1.82) is 0 Å². The zero-order valence-electron chi connectivity index (χ0n) is 18.2. The molecular formula is C19H27N5O6S. The second-order valence-corrected chi connectivity index (χ2v) is 10.4. The standard InChI is InChI=1S/C19H27N5O6S/c1-13(17-20-18(21-30-17)19(2,3)4)22-8-10-23(11-9-22)31(27,28)14-6-7-16(29-5)15(12-14)24(25)26/h6-7,12-13H,8-11H2,1-5H3.